The molecule has 0 aromatic rings. The van der Waals surface area contributed by atoms with E-state index in [9.17, 15) is 19.5 Å². The third-order valence-corrected chi connectivity index (χ3v) is 4.07. The minimum Gasteiger partial charge on any atom is -0.480 e. The summed E-state index contributed by atoms with van der Waals surface area (Å²) in [7, 11) is 0. The molecule has 2 aliphatic rings. The molecule has 1 heterocycles. The molecule has 1 N–H and O–H groups in total. The van der Waals surface area contributed by atoms with E-state index in [1.165, 1.54) is 0 Å². The zero-order valence-electron chi connectivity index (χ0n) is 10.9. The number of likely N-dealkylation sites (tertiary alicyclic amines) is 1. The molecule has 2 amide bonds. The molecule has 2 fully saturated rings. The van der Waals surface area contributed by atoms with E-state index in [0.29, 0.717) is 18.8 Å². The second-order valence-corrected chi connectivity index (χ2v) is 5.86. The molecule has 3 atom stereocenters. The Bertz CT molecular complexity index is 380. The summed E-state index contributed by atoms with van der Waals surface area (Å²) in [6.07, 6.45) is 1.41. The van der Waals surface area contributed by atoms with Crippen LogP contribution in [-0.2, 0) is 14.4 Å². The molecular weight excluding hydrogens is 234 g/mol. The summed E-state index contributed by atoms with van der Waals surface area (Å²) in [6, 6.07) is -1.02. The lowest BCUT2D eigenvalue weighted by Crippen LogP contribution is -2.48. The highest BCUT2D eigenvalue weighted by Crippen LogP contribution is 2.44. The summed E-state index contributed by atoms with van der Waals surface area (Å²) in [6.45, 7) is 5.46. The zero-order chi connectivity index (χ0) is 13.6. The molecule has 2 rings (SSSR count). The summed E-state index contributed by atoms with van der Waals surface area (Å²) in [5.41, 5.74) is 0. The lowest BCUT2D eigenvalue weighted by molar-refractivity contribution is -0.157. The van der Waals surface area contributed by atoms with E-state index in [4.69, 9.17) is 0 Å². The fourth-order valence-electron chi connectivity index (χ4n) is 3.27. The molecule has 18 heavy (non-hydrogen) atoms. The largest absolute Gasteiger partial charge is 0.480 e. The van der Waals surface area contributed by atoms with Gasteiger partial charge in [-0.1, -0.05) is 20.8 Å². The van der Waals surface area contributed by atoms with Crippen LogP contribution in [0.15, 0.2) is 0 Å². The lowest BCUT2D eigenvalue weighted by atomic mass is 10.00. The first-order valence-electron chi connectivity index (χ1n) is 6.44. The van der Waals surface area contributed by atoms with Gasteiger partial charge in [0.15, 0.2) is 0 Å². The number of hydrogen-bond acceptors (Lipinski definition) is 3. The van der Waals surface area contributed by atoms with Crippen molar-refractivity contribution in [3.63, 3.8) is 0 Å². The molecule has 5 heteroatoms. The minimum atomic E-state index is -1.10. The second-order valence-electron chi connectivity index (χ2n) is 5.86. The molecule has 1 aliphatic carbocycles. The number of imide groups is 1. The number of amides is 2. The van der Waals surface area contributed by atoms with Crippen LogP contribution in [0.2, 0.25) is 0 Å². The van der Waals surface area contributed by atoms with Crippen LogP contribution in [0.1, 0.15) is 33.6 Å². The van der Waals surface area contributed by atoms with Crippen LogP contribution in [-0.4, -0.2) is 33.8 Å². The van der Waals surface area contributed by atoms with E-state index in [0.717, 1.165) is 4.90 Å². The first kappa shape index (κ1) is 13.1. The average molecular weight is 253 g/mol. The molecule has 3 unspecified atom stereocenters. The van der Waals surface area contributed by atoms with Crippen molar-refractivity contribution in [3.8, 4) is 0 Å². The third-order valence-electron chi connectivity index (χ3n) is 4.07. The van der Waals surface area contributed by atoms with E-state index in [2.05, 4.69) is 0 Å². The van der Waals surface area contributed by atoms with E-state index >= 15 is 0 Å². The van der Waals surface area contributed by atoms with Gasteiger partial charge in [-0.05, 0) is 24.7 Å². The summed E-state index contributed by atoms with van der Waals surface area (Å²) in [5, 5.41) is 9.21. The van der Waals surface area contributed by atoms with Gasteiger partial charge in [0.25, 0.3) is 0 Å². The summed E-state index contributed by atoms with van der Waals surface area (Å²) >= 11 is 0. The maximum atomic E-state index is 12.2. The third kappa shape index (κ3) is 1.82. The average Bonchev–Trinajstić information content (AvgIpc) is 2.72. The Morgan fingerprint density at radius 1 is 1.22 bits per heavy atom. The highest BCUT2D eigenvalue weighted by atomic mass is 16.4. The standard InChI is InChI=1S/C13H19NO4/c1-6(2)10(13(17)18)14-11(15)8-4-7(3)5-9(8)12(14)16/h6-10H,4-5H2,1-3H3,(H,17,18). The maximum Gasteiger partial charge on any atom is 0.327 e. The van der Waals surface area contributed by atoms with Gasteiger partial charge in [-0.2, -0.15) is 0 Å². The topological polar surface area (TPSA) is 74.7 Å². The molecule has 0 spiro atoms. The number of aliphatic carboxylic acids is 1. The van der Waals surface area contributed by atoms with Crippen molar-refractivity contribution in [2.45, 2.75) is 39.7 Å². The zero-order valence-corrected chi connectivity index (χ0v) is 10.9. The number of carboxylic acid groups (broad SMARTS) is 1. The fraction of sp³-hybridized carbons (Fsp3) is 0.769. The normalized spacial score (nSPS) is 33.1. The molecule has 0 aromatic carbocycles. The van der Waals surface area contributed by atoms with E-state index in [1.807, 2.05) is 6.92 Å². The Morgan fingerprint density at radius 3 is 2.00 bits per heavy atom. The van der Waals surface area contributed by atoms with E-state index < -0.39 is 12.0 Å². The lowest BCUT2D eigenvalue weighted by Gasteiger charge is -2.26. The van der Waals surface area contributed by atoms with Crippen molar-refractivity contribution < 1.29 is 19.5 Å². The predicted molar refractivity (Wildman–Crippen MR) is 63.5 cm³/mol. The van der Waals surface area contributed by atoms with Gasteiger partial charge < -0.3 is 5.11 Å². The molecule has 100 valence electrons. The molecule has 0 aromatic heterocycles. The number of nitrogens with zero attached hydrogens (tertiary/aromatic N) is 1. The van der Waals surface area contributed by atoms with Crippen LogP contribution >= 0.6 is 0 Å². The summed E-state index contributed by atoms with van der Waals surface area (Å²) < 4.78 is 0. The number of rotatable bonds is 3. The molecule has 0 radical (unpaired) electrons. The number of carbonyl (C=O) groups is 3. The molecule has 1 saturated carbocycles. The van der Waals surface area contributed by atoms with Crippen LogP contribution < -0.4 is 0 Å². The Kier molecular flexibility index (Phi) is 3.17. The van der Waals surface area contributed by atoms with Gasteiger partial charge in [-0.25, -0.2) is 4.79 Å². The van der Waals surface area contributed by atoms with Crippen molar-refractivity contribution in [2.24, 2.45) is 23.7 Å². The molecular formula is C13H19NO4. The van der Waals surface area contributed by atoms with Crippen LogP contribution in [0.25, 0.3) is 0 Å². The SMILES string of the molecule is CC1CC2C(=O)N(C(C(=O)O)C(C)C)C(=O)C2C1. The fourth-order valence-corrected chi connectivity index (χ4v) is 3.27. The van der Waals surface area contributed by atoms with E-state index in [1.54, 1.807) is 13.8 Å². The Labute approximate surface area is 106 Å². The Hall–Kier alpha value is -1.39. The number of carboxylic acids is 1. The highest BCUT2D eigenvalue weighted by molar-refractivity contribution is 6.08. The van der Waals surface area contributed by atoms with Crippen molar-refractivity contribution in [3.05, 3.63) is 0 Å². The molecule has 0 bridgehead atoms. The smallest absolute Gasteiger partial charge is 0.327 e. The predicted octanol–water partition coefficient (Wildman–Crippen LogP) is 1.13. The highest BCUT2D eigenvalue weighted by Gasteiger charge is 2.55. The van der Waals surface area contributed by atoms with Crippen molar-refractivity contribution in [2.75, 3.05) is 0 Å². The number of hydrogen-bond donors (Lipinski definition) is 1. The van der Waals surface area contributed by atoms with Gasteiger partial charge >= 0.3 is 5.97 Å². The van der Waals surface area contributed by atoms with Crippen LogP contribution in [0.4, 0.5) is 0 Å². The first-order chi connectivity index (χ1) is 8.34. The van der Waals surface area contributed by atoms with Gasteiger partial charge in [0.2, 0.25) is 11.8 Å². The van der Waals surface area contributed by atoms with Crippen molar-refractivity contribution in [1.82, 2.24) is 4.90 Å². The second kappa shape index (κ2) is 4.37. The quantitative estimate of drug-likeness (QED) is 0.765. The van der Waals surface area contributed by atoms with Gasteiger partial charge in [0, 0.05) is 0 Å². The Morgan fingerprint density at radius 2 is 1.67 bits per heavy atom. The maximum absolute atomic E-state index is 12.2. The van der Waals surface area contributed by atoms with Gasteiger partial charge in [0.1, 0.15) is 6.04 Å². The number of fused-ring (bicyclic) bond motifs is 1. The van der Waals surface area contributed by atoms with Crippen LogP contribution in [0.5, 0.6) is 0 Å². The molecule has 5 nitrogen and oxygen atoms in total. The molecule has 1 saturated heterocycles. The summed E-state index contributed by atoms with van der Waals surface area (Å²) in [5.74, 6) is -2.13. The molecule has 1 aliphatic heterocycles. The van der Waals surface area contributed by atoms with Crippen LogP contribution in [0.3, 0.4) is 0 Å². The minimum absolute atomic E-state index is 0.272. The van der Waals surface area contributed by atoms with Gasteiger partial charge in [0.05, 0.1) is 11.8 Å². The van der Waals surface area contributed by atoms with Crippen molar-refractivity contribution in [1.29, 1.82) is 0 Å². The van der Waals surface area contributed by atoms with Crippen LogP contribution in [0, 0.1) is 23.7 Å². The first-order valence-corrected chi connectivity index (χ1v) is 6.44. The monoisotopic (exact) mass is 253 g/mol. The van der Waals surface area contributed by atoms with Gasteiger partial charge in [-0.3, -0.25) is 14.5 Å². The van der Waals surface area contributed by atoms with Crippen molar-refractivity contribution >= 4 is 17.8 Å². The Balaban J connectivity index is 2.28. The van der Waals surface area contributed by atoms with Gasteiger partial charge in [-0.15, -0.1) is 0 Å². The van der Waals surface area contributed by atoms with E-state index in [-0.39, 0.29) is 29.6 Å². The number of carbonyl (C=O) groups excluding carboxylic acids is 2. The summed E-state index contributed by atoms with van der Waals surface area (Å²) in [4.78, 5) is 36.7.